The maximum atomic E-state index is 3.64. The number of nitrogens with one attached hydrogen (secondary N) is 1. The number of hydrogen-bond acceptors (Lipinski definition) is 1. The highest BCUT2D eigenvalue weighted by atomic mass is 79.9. The van der Waals surface area contributed by atoms with Crippen LogP contribution >= 0.6 is 64.4 Å². The van der Waals surface area contributed by atoms with Crippen molar-refractivity contribution in [3.63, 3.8) is 0 Å². The van der Waals surface area contributed by atoms with E-state index >= 15 is 0 Å². The maximum Gasteiger partial charge on any atom is 0.112 e. The largest absolute Gasteiger partial charge is 0.320 e. The van der Waals surface area contributed by atoms with Gasteiger partial charge in [0.15, 0.2) is 0 Å². The summed E-state index contributed by atoms with van der Waals surface area (Å²) >= 11 is 3.64. The van der Waals surface area contributed by atoms with Crippen molar-refractivity contribution in [3.8, 4) is 0 Å². The van der Waals surface area contributed by atoms with Crippen molar-refractivity contribution in [3.05, 3.63) is 182 Å². The molecule has 49 heavy (non-hydrogen) atoms. The molecule has 1 nitrogen and oxygen atoms in total. The molecule has 1 N–H and O–H groups in total. The molecule has 6 rings (SSSR count). The standard InChI is InChI=1S/C22H25NP.C21H21BrP.2BrH/c1-23-18-11-19-24(20-12-5-2-6-13-20,21-14-7-3-8-15-21)22-16-9-4-10-17-22;22-17-10-18-23(19-11-4-1-5-12-19,20-13-6-2-7-14-20)21-15-8-3-9-16-21;;/h2-10,12-17,23H,11,18-19H2,1H3;1-9,11-16H,10,17-18H2;2*1H/q2*+1;;. The van der Waals surface area contributed by atoms with Gasteiger partial charge in [-0.25, -0.2) is 0 Å². The Hall–Kier alpha value is -2.42. The van der Waals surface area contributed by atoms with E-state index in [1.165, 1.54) is 57.0 Å². The first-order valence-electron chi connectivity index (χ1n) is 16.6. The van der Waals surface area contributed by atoms with Gasteiger partial charge in [-0.2, -0.15) is 0 Å². The van der Waals surface area contributed by atoms with E-state index < -0.39 is 14.5 Å². The molecule has 0 amide bonds. The van der Waals surface area contributed by atoms with E-state index in [0.717, 1.165) is 11.9 Å². The summed E-state index contributed by atoms with van der Waals surface area (Å²) in [7, 11) is -1.19. The lowest BCUT2D eigenvalue weighted by atomic mass is 10.3. The average Bonchev–Trinajstić information content (AvgIpc) is 3.16. The van der Waals surface area contributed by atoms with Crippen LogP contribution in [0.3, 0.4) is 0 Å². The van der Waals surface area contributed by atoms with Gasteiger partial charge in [-0.1, -0.05) is 125 Å². The third-order valence-corrected chi connectivity index (χ3v) is 18.3. The number of alkyl halides is 1. The molecule has 254 valence electrons. The fourth-order valence-corrected chi connectivity index (χ4v) is 16.0. The van der Waals surface area contributed by atoms with E-state index in [1.54, 1.807) is 0 Å². The minimum Gasteiger partial charge on any atom is -0.320 e. The van der Waals surface area contributed by atoms with Crippen molar-refractivity contribution < 1.29 is 0 Å². The molecule has 0 radical (unpaired) electrons. The van der Waals surface area contributed by atoms with E-state index in [2.05, 4.69) is 203 Å². The molecule has 0 fully saturated rings. The van der Waals surface area contributed by atoms with Crippen LogP contribution in [0.1, 0.15) is 12.8 Å². The van der Waals surface area contributed by atoms with Crippen LogP contribution in [-0.4, -0.2) is 31.2 Å². The molecular weight excluding hydrogens is 832 g/mol. The fraction of sp³-hybridized carbons (Fsp3) is 0.163. The van der Waals surface area contributed by atoms with Gasteiger partial charge >= 0.3 is 0 Å². The Bertz CT molecular complexity index is 1520. The number of hydrogen-bond donors (Lipinski definition) is 1. The minimum atomic E-state index is -1.62. The van der Waals surface area contributed by atoms with E-state index in [-0.39, 0.29) is 34.0 Å². The van der Waals surface area contributed by atoms with Gasteiger partial charge < -0.3 is 5.32 Å². The van der Waals surface area contributed by atoms with E-state index in [1.807, 2.05) is 7.05 Å². The summed E-state index contributed by atoms with van der Waals surface area (Å²) < 4.78 is 0. The van der Waals surface area contributed by atoms with E-state index in [9.17, 15) is 0 Å². The lowest BCUT2D eigenvalue weighted by Gasteiger charge is -2.27. The Morgan fingerprint density at radius 1 is 0.388 bits per heavy atom. The third-order valence-electron chi connectivity index (χ3n) is 8.73. The molecule has 0 aromatic heterocycles. The highest BCUT2D eigenvalue weighted by Crippen LogP contribution is 2.56. The second-order valence-electron chi connectivity index (χ2n) is 11.6. The fourth-order valence-electron chi connectivity index (χ4n) is 6.55. The molecule has 0 spiro atoms. The second kappa shape index (κ2) is 21.7. The molecule has 0 bridgehead atoms. The summed E-state index contributed by atoms with van der Waals surface area (Å²) in [6.45, 7) is 1.05. The lowest BCUT2D eigenvalue weighted by molar-refractivity contribution is 0.776. The van der Waals surface area contributed by atoms with Crippen molar-refractivity contribution in [1.82, 2.24) is 5.32 Å². The maximum absolute atomic E-state index is 3.64. The smallest absolute Gasteiger partial charge is 0.112 e. The van der Waals surface area contributed by atoms with E-state index in [0.29, 0.717) is 0 Å². The molecule has 0 heterocycles. The minimum absolute atomic E-state index is 0. The summed E-state index contributed by atoms with van der Waals surface area (Å²) in [5.41, 5.74) is 0. The van der Waals surface area contributed by atoms with Crippen LogP contribution in [0.25, 0.3) is 0 Å². The zero-order valence-electron chi connectivity index (χ0n) is 28.2. The first-order chi connectivity index (χ1) is 23.3. The second-order valence-corrected chi connectivity index (χ2v) is 19.6. The van der Waals surface area contributed by atoms with Gasteiger partial charge in [0.2, 0.25) is 0 Å². The van der Waals surface area contributed by atoms with Gasteiger partial charge in [0.05, 0.1) is 12.3 Å². The third kappa shape index (κ3) is 10.1. The van der Waals surface area contributed by atoms with Crippen LogP contribution in [-0.2, 0) is 0 Å². The average molecular weight is 881 g/mol. The van der Waals surface area contributed by atoms with Crippen molar-refractivity contribution in [2.24, 2.45) is 0 Å². The van der Waals surface area contributed by atoms with Crippen LogP contribution in [0.5, 0.6) is 0 Å². The zero-order chi connectivity index (χ0) is 32.6. The van der Waals surface area contributed by atoms with Crippen molar-refractivity contribution >= 4 is 96.2 Å². The van der Waals surface area contributed by atoms with Crippen LogP contribution < -0.4 is 37.1 Å². The van der Waals surface area contributed by atoms with Gasteiger partial charge in [0.1, 0.15) is 46.4 Å². The molecule has 6 heteroatoms. The molecule has 6 aromatic carbocycles. The Morgan fingerprint density at radius 3 is 0.816 bits per heavy atom. The summed E-state index contributed by atoms with van der Waals surface area (Å²) in [5, 5.41) is 13.2. The molecule has 0 saturated carbocycles. The summed E-state index contributed by atoms with van der Waals surface area (Å²) in [6, 6.07) is 66.5. The Balaban J connectivity index is 0.000000255. The van der Waals surface area contributed by atoms with Gasteiger partial charge in [-0.3, -0.25) is 0 Å². The van der Waals surface area contributed by atoms with Gasteiger partial charge in [-0.15, -0.1) is 34.0 Å². The molecule has 0 aliphatic heterocycles. The van der Waals surface area contributed by atoms with E-state index in [4.69, 9.17) is 0 Å². The monoisotopic (exact) mass is 877 g/mol. The van der Waals surface area contributed by atoms with Crippen molar-refractivity contribution in [2.45, 2.75) is 12.8 Å². The summed E-state index contributed by atoms with van der Waals surface area (Å²) in [5.74, 6) is 0. The quantitative estimate of drug-likeness (QED) is 0.0693. The Labute approximate surface area is 325 Å². The van der Waals surface area contributed by atoms with Gasteiger partial charge in [0, 0.05) is 5.33 Å². The SMILES string of the molecule is Br.Br.BrCCC[P+](c1ccccc1)(c1ccccc1)c1ccccc1.CNCCC[P+](c1ccccc1)(c1ccccc1)c1ccccc1. The van der Waals surface area contributed by atoms with Gasteiger partial charge in [-0.05, 0) is 99.2 Å². The lowest BCUT2D eigenvalue weighted by Crippen LogP contribution is -2.34. The highest BCUT2D eigenvalue weighted by Gasteiger charge is 2.45. The molecule has 0 aliphatic carbocycles. The number of benzene rings is 6. The Kier molecular flexibility index (Phi) is 18.2. The molecule has 6 aromatic rings. The van der Waals surface area contributed by atoms with Gasteiger partial charge in [0.25, 0.3) is 0 Å². The summed E-state index contributed by atoms with van der Waals surface area (Å²) in [6.07, 6.45) is 4.72. The van der Waals surface area contributed by atoms with Crippen LogP contribution in [0.4, 0.5) is 0 Å². The summed E-state index contributed by atoms with van der Waals surface area (Å²) in [4.78, 5) is 0. The molecule has 0 unspecified atom stereocenters. The number of rotatable bonds is 13. The molecule has 0 atom stereocenters. The normalized spacial score (nSPS) is 10.9. The molecule has 0 aliphatic rings. The van der Waals surface area contributed by atoms with Crippen molar-refractivity contribution in [2.75, 3.05) is 31.2 Å². The first kappa shape index (κ1) is 41.0. The van der Waals surface area contributed by atoms with Crippen LogP contribution in [0, 0.1) is 0 Å². The molecular formula is C43H48Br3NP2+2. The number of halogens is 3. The van der Waals surface area contributed by atoms with Crippen LogP contribution in [0.15, 0.2) is 182 Å². The Morgan fingerprint density at radius 2 is 0.612 bits per heavy atom. The highest BCUT2D eigenvalue weighted by molar-refractivity contribution is 9.09. The van der Waals surface area contributed by atoms with Crippen molar-refractivity contribution in [1.29, 1.82) is 0 Å². The first-order valence-corrected chi connectivity index (χ1v) is 21.6. The van der Waals surface area contributed by atoms with Crippen LogP contribution in [0.2, 0.25) is 0 Å². The predicted molar refractivity (Wildman–Crippen MR) is 238 cm³/mol. The zero-order valence-corrected chi connectivity index (χ0v) is 35.0. The topological polar surface area (TPSA) is 12.0 Å². The predicted octanol–water partition coefficient (Wildman–Crippen LogP) is 9.51. The molecule has 0 saturated heterocycles.